The van der Waals surface area contributed by atoms with Gasteiger partial charge < -0.3 is 16.0 Å². The third kappa shape index (κ3) is 2.56. The van der Waals surface area contributed by atoms with Crippen molar-refractivity contribution in [2.24, 2.45) is 0 Å². The molecule has 0 unspecified atom stereocenters. The molecule has 2 heterocycles. The molecule has 104 valence electrons. The van der Waals surface area contributed by atoms with E-state index in [0.29, 0.717) is 18.7 Å². The van der Waals surface area contributed by atoms with Gasteiger partial charge in [0.05, 0.1) is 29.7 Å². The van der Waals surface area contributed by atoms with Gasteiger partial charge in [-0.05, 0) is 12.1 Å². The van der Waals surface area contributed by atoms with Gasteiger partial charge >= 0.3 is 0 Å². The molecule has 0 saturated carbocycles. The van der Waals surface area contributed by atoms with E-state index in [1.54, 1.807) is 17.1 Å². The van der Waals surface area contributed by atoms with E-state index >= 15 is 0 Å². The summed E-state index contributed by atoms with van der Waals surface area (Å²) in [4.78, 5) is 12.2. The molecule has 3 N–H and O–H groups in total. The summed E-state index contributed by atoms with van der Waals surface area (Å²) < 4.78 is 1.68. The minimum atomic E-state index is -0.0850. The number of hydrogen-bond donors (Lipinski definition) is 3. The van der Waals surface area contributed by atoms with Crippen molar-refractivity contribution in [2.75, 3.05) is 30.3 Å². The van der Waals surface area contributed by atoms with Crippen LogP contribution in [0.2, 0.25) is 0 Å². The summed E-state index contributed by atoms with van der Waals surface area (Å²) in [5.41, 5.74) is 2.51. The summed E-state index contributed by atoms with van der Waals surface area (Å²) in [7, 11) is 0. The number of carbonyl (C=O) groups excluding carboxylic acids is 1. The lowest BCUT2D eigenvalue weighted by atomic mass is 10.1. The van der Waals surface area contributed by atoms with E-state index in [9.17, 15) is 4.79 Å². The molecule has 1 aromatic heterocycles. The van der Waals surface area contributed by atoms with E-state index in [-0.39, 0.29) is 5.91 Å². The fourth-order valence-electron chi connectivity index (χ4n) is 2.20. The van der Waals surface area contributed by atoms with Crippen molar-refractivity contribution in [3.8, 4) is 0 Å². The summed E-state index contributed by atoms with van der Waals surface area (Å²) in [6.07, 6.45) is 3.38. The Morgan fingerprint density at radius 3 is 3.10 bits per heavy atom. The van der Waals surface area contributed by atoms with Crippen LogP contribution in [0.25, 0.3) is 0 Å². The highest BCUT2D eigenvalue weighted by molar-refractivity contribution is 6.02. The summed E-state index contributed by atoms with van der Waals surface area (Å²) in [5, 5.41) is 17.0. The van der Waals surface area contributed by atoms with Gasteiger partial charge in [0.25, 0.3) is 5.91 Å². The maximum Gasteiger partial charge on any atom is 0.253 e. The maximum absolute atomic E-state index is 12.2. The molecule has 0 atom stereocenters. The number of para-hydroxylation sites is 1. The van der Waals surface area contributed by atoms with Crippen LogP contribution in [0.3, 0.4) is 0 Å². The summed E-state index contributed by atoms with van der Waals surface area (Å²) in [6, 6.07) is 5.67. The van der Waals surface area contributed by atoms with Gasteiger partial charge in [0, 0.05) is 25.8 Å². The van der Waals surface area contributed by atoms with Gasteiger partial charge in [-0.2, -0.15) is 0 Å². The van der Waals surface area contributed by atoms with Gasteiger partial charge in [-0.25, -0.2) is 0 Å². The van der Waals surface area contributed by atoms with Crippen LogP contribution >= 0.6 is 0 Å². The third-order valence-corrected chi connectivity index (χ3v) is 3.15. The molecular formula is C13H16N6O. The van der Waals surface area contributed by atoms with Crippen molar-refractivity contribution in [3.05, 3.63) is 36.2 Å². The molecule has 0 aliphatic carbocycles. The minimum absolute atomic E-state index is 0.0850. The van der Waals surface area contributed by atoms with Gasteiger partial charge in [0.1, 0.15) is 0 Å². The van der Waals surface area contributed by atoms with Gasteiger partial charge in [0.15, 0.2) is 0 Å². The Balaban J connectivity index is 1.65. The Morgan fingerprint density at radius 1 is 1.35 bits per heavy atom. The first-order valence-corrected chi connectivity index (χ1v) is 6.57. The molecular weight excluding hydrogens is 256 g/mol. The lowest BCUT2D eigenvalue weighted by Gasteiger charge is -2.22. The average molecular weight is 272 g/mol. The number of nitrogens with one attached hydrogen (secondary N) is 3. The summed E-state index contributed by atoms with van der Waals surface area (Å²) >= 11 is 0. The van der Waals surface area contributed by atoms with E-state index in [1.807, 2.05) is 18.2 Å². The van der Waals surface area contributed by atoms with E-state index < -0.39 is 0 Å². The van der Waals surface area contributed by atoms with E-state index in [1.165, 1.54) is 0 Å². The Labute approximate surface area is 116 Å². The monoisotopic (exact) mass is 272 g/mol. The molecule has 0 bridgehead atoms. The lowest BCUT2D eigenvalue weighted by Crippen LogP contribution is -2.30. The molecule has 0 radical (unpaired) electrons. The van der Waals surface area contributed by atoms with Crippen LogP contribution in [0.4, 0.5) is 11.4 Å². The number of anilines is 2. The van der Waals surface area contributed by atoms with Crippen molar-refractivity contribution in [1.29, 1.82) is 0 Å². The molecule has 7 nitrogen and oxygen atoms in total. The Morgan fingerprint density at radius 2 is 2.25 bits per heavy atom. The smallest absolute Gasteiger partial charge is 0.253 e. The van der Waals surface area contributed by atoms with Crippen LogP contribution in [0.1, 0.15) is 10.4 Å². The molecule has 1 aliphatic rings. The van der Waals surface area contributed by atoms with Gasteiger partial charge in [-0.15, -0.1) is 5.10 Å². The van der Waals surface area contributed by atoms with Crippen LogP contribution in [0.5, 0.6) is 0 Å². The third-order valence-electron chi connectivity index (χ3n) is 3.15. The molecule has 1 amide bonds. The zero-order chi connectivity index (χ0) is 13.8. The number of hydrogen-bond acceptors (Lipinski definition) is 5. The molecule has 3 rings (SSSR count). The number of aromatic nitrogens is 3. The van der Waals surface area contributed by atoms with Crippen molar-refractivity contribution >= 4 is 17.3 Å². The standard InChI is InChI=1S/C13H16N6O/c20-13(16-6-8-19-9-7-17-18-19)10-2-1-3-11-12(10)15-5-4-14-11/h1-3,7,9,14-15H,4-6,8H2,(H,16,20). The van der Waals surface area contributed by atoms with E-state index in [0.717, 1.165) is 24.5 Å². The fraction of sp³-hybridized carbons (Fsp3) is 0.308. The number of amides is 1. The van der Waals surface area contributed by atoms with Crippen molar-refractivity contribution in [3.63, 3.8) is 0 Å². The van der Waals surface area contributed by atoms with Crippen LogP contribution in [0, 0.1) is 0 Å². The lowest BCUT2D eigenvalue weighted by molar-refractivity contribution is 0.0952. The topological polar surface area (TPSA) is 83.9 Å². The predicted molar refractivity (Wildman–Crippen MR) is 75.8 cm³/mol. The quantitative estimate of drug-likeness (QED) is 0.757. The average Bonchev–Trinajstić information content (AvgIpc) is 3.00. The molecule has 0 fully saturated rings. The Hall–Kier alpha value is -2.57. The first-order chi connectivity index (χ1) is 9.84. The highest BCUT2D eigenvalue weighted by Crippen LogP contribution is 2.28. The largest absolute Gasteiger partial charge is 0.382 e. The van der Waals surface area contributed by atoms with Crippen LogP contribution < -0.4 is 16.0 Å². The zero-order valence-corrected chi connectivity index (χ0v) is 11.0. The highest BCUT2D eigenvalue weighted by atomic mass is 16.1. The van der Waals surface area contributed by atoms with Crippen LogP contribution in [-0.2, 0) is 6.54 Å². The zero-order valence-electron chi connectivity index (χ0n) is 11.0. The first kappa shape index (κ1) is 12.5. The predicted octanol–water partition coefficient (Wildman–Crippen LogP) is 0.545. The van der Waals surface area contributed by atoms with Gasteiger partial charge in [-0.1, -0.05) is 11.3 Å². The Bertz CT molecular complexity index is 595. The fourth-order valence-corrected chi connectivity index (χ4v) is 2.20. The van der Waals surface area contributed by atoms with E-state index in [4.69, 9.17) is 0 Å². The van der Waals surface area contributed by atoms with Crippen molar-refractivity contribution in [2.45, 2.75) is 6.54 Å². The van der Waals surface area contributed by atoms with Crippen LogP contribution in [0.15, 0.2) is 30.6 Å². The van der Waals surface area contributed by atoms with Crippen molar-refractivity contribution < 1.29 is 4.79 Å². The van der Waals surface area contributed by atoms with Crippen LogP contribution in [-0.4, -0.2) is 40.5 Å². The van der Waals surface area contributed by atoms with E-state index in [2.05, 4.69) is 26.3 Å². The summed E-state index contributed by atoms with van der Waals surface area (Å²) in [6.45, 7) is 2.80. The van der Waals surface area contributed by atoms with Gasteiger partial charge in [0.2, 0.25) is 0 Å². The summed E-state index contributed by atoms with van der Waals surface area (Å²) in [5.74, 6) is -0.0850. The SMILES string of the molecule is O=C(NCCn1ccnn1)c1cccc2c1NCCN2. The molecule has 7 heteroatoms. The van der Waals surface area contributed by atoms with Gasteiger partial charge in [-0.3, -0.25) is 9.48 Å². The number of nitrogens with zero attached hydrogens (tertiary/aromatic N) is 3. The second kappa shape index (κ2) is 5.60. The minimum Gasteiger partial charge on any atom is -0.382 e. The molecule has 0 saturated heterocycles. The number of rotatable bonds is 4. The molecule has 1 aliphatic heterocycles. The number of fused-ring (bicyclic) bond motifs is 1. The second-order valence-electron chi connectivity index (χ2n) is 4.50. The molecule has 1 aromatic carbocycles. The first-order valence-electron chi connectivity index (χ1n) is 6.57. The molecule has 20 heavy (non-hydrogen) atoms. The molecule has 2 aromatic rings. The van der Waals surface area contributed by atoms with Crippen molar-refractivity contribution in [1.82, 2.24) is 20.3 Å². The number of carbonyl (C=O) groups is 1. The highest BCUT2D eigenvalue weighted by Gasteiger charge is 2.16. The second-order valence-corrected chi connectivity index (χ2v) is 4.50. The maximum atomic E-state index is 12.2. The number of benzene rings is 1. The Kier molecular flexibility index (Phi) is 3.49. The normalized spacial score (nSPS) is 13.0. The molecule has 0 spiro atoms.